The number of ether oxygens (including phenoxy) is 1. The molecule has 0 amide bonds. The summed E-state index contributed by atoms with van der Waals surface area (Å²) in [6.45, 7) is 4.95. The predicted octanol–water partition coefficient (Wildman–Crippen LogP) is 1.43. The number of hydrogen-bond donors (Lipinski definition) is 1. The average molecular weight is 345 g/mol. The Labute approximate surface area is 150 Å². The van der Waals surface area contributed by atoms with Crippen LogP contribution in [0.5, 0.6) is 0 Å². The lowest BCUT2D eigenvalue weighted by Crippen LogP contribution is -2.43. The lowest BCUT2D eigenvalue weighted by Gasteiger charge is -2.32. The maximum atomic E-state index is 12.5. The molecule has 2 atom stereocenters. The number of fused-ring (bicyclic) bond motifs is 1. The summed E-state index contributed by atoms with van der Waals surface area (Å²) < 4.78 is 7.58. The van der Waals surface area contributed by atoms with Crippen molar-refractivity contribution in [2.75, 3.05) is 33.4 Å². The smallest absolute Gasteiger partial charge is 0.250 e. The third-order valence-corrected chi connectivity index (χ3v) is 6.27. The van der Waals surface area contributed by atoms with E-state index in [1.807, 2.05) is 0 Å². The molecular formula is C20H31N3O2. The van der Waals surface area contributed by atoms with Crippen LogP contribution in [-0.2, 0) is 24.1 Å². The SMILES string of the molecule is CN1CCC(Cn2c3c(ccc2=O)C[C@H](N[C@@H]2CCOC2)CC3)CC1. The molecule has 1 N–H and O–H groups in total. The molecule has 0 saturated carbocycles. The van der Waals surface area contributed by atoms with Crippen LogP contribution in [0.3, 0.4) is 0 Å². The van der Waals surface area contributed by atoms with Crippen molar-refractivity contribution in [3.63, 3.8) is 0 Å². The topological polar surface area (TPSA) is 46.5 Å². The highest BCUT2D eigenvalue weighted by Gasteiger charge is 2.26. The van der Waals surface area contributed by atoms with Gasteiger partial charge in [-0.05, 0) is 70.1 Å². The first kappa shape index (κ1) is 17.3. The third-order valence-electron chi connectivity index (χ3n) is 6.27. The monoisotopic (exact) mass is 345 g/mol. The molecule has 2 saturated heterocycles. The first-order valence-electron chi connectivity index (χ1n) is 9.93. The first-order valence-corrected chi connectivity index (χ1v) is 9.93. The number of nitrogens with zero attached hydrogens (tertiary/aromatic N) is 2. The van der Waals surface area contributed by atoms with Gasteiger partial charge in [-0.15, -0.1) is 0 Å². The van der Waals surface area contributed by atoms with E-state index in [1.54, 1.807) is 6.07 Å². The molecular weight excluding hydrogens is 314 g/mol. The van der Waals surface area contributed by atoms with Gasteiger partial charge in [-0.1, -0.05) is 6.07 Å². The highest BCUT2D eigenvalue weighted by molar-refractivity contribution is 5.25. The van der Waals surface area contributed by atoms with Crippen molar-refractivity contribution in [1.82, 2.24) is 14.8 Å². The van der Waals surface area contributed by atoms with Crippen LogP contribution in [0.15, 0.2) is 16.9 Å². The van der Waals surface area contributed by atoms with Crippen molar-refractivity contribution in [3.05, 3.63) is 33.7 Å². The Morgan fingerprint density at radius 1 is 1.16 bits per heavy atom. The molecule has 0 aromatic carbocycles. The van der Waals surface area contributed by atoms with E-state index in [0.29, 0.717) is 18.0 Å². The van der Waals surface area contributed by atoms with Gasteiger partial charge in [-0.2, -0.15) is 0 Å². The summed E-state index contributed by atoms with van der Waals surface area (Å²) in [6.07, 6.45) is 6.72. The maximum absolute atomic E-state index is 12.5. The van der Waals surface area contributed by atoms with Crippen LogP contribution in [0.25, 0.3) is 0 Å². The molecule has 3 heterocycles. The minimum atomic E-state index is 0.188. The Balaban J connectivity index is 1.46. The quantitative estimate of drug-likeness (QED) is 0.897. The summed E-state index contributed by atoms with van der Waals surface area (Å²) in [5.74, 6) is 0.645. The van der Waals surface area contributed by atoms with Crippen LogP contribution < -0.4 is 10.9 Å². The highest BCUT2D eigenvalue weighted by atomic mass is 16.5. The van der Waals surface area contributed by atoms with Gasteiger partial charge in [0.25, 0.3) is 5.56 Å². The molecule has 5 nitrogen and oxygen atoms in total. The van der Waals surface area contributed by atoms with E-state index < -0.39 is 0 Å². The highest BCUT2D eigenvalue weighted by Crippen LogP contribution is 2.24. The summed E-state index contributed by atoms with van der Waals surface area (Å²) >= 11 is 0. The summed E-state index contributed by atoms with van der Waals surface area (Å²) in [5, 5.41) is 3.76. The van der Waals surface area contributed by atoms with Crippen molar-refractivity contribution in [3.8, 4) is 0 Å². The van der Waals surface area contributed by atoms with Gasteiger partial charge in [-0.3, -0.25) is 4.79 Å². The van der Waals surface area contributed by atoms with Crippen LogP contribution >= 0.6 is 0 Å². The second-order valence-electron chi connectivity index (χ2n) is 8.17. The average Bonchev–Trinajstić information content (AvgIpc) is 3.12. The number of hydrogen-bond acceptors (Lipinski definition) is 4. The van der Waals surface area contributed by atoms with Gasteiger partial charge in [0.2, 0.25) is 0 Å². The second-order valence-corrected chi connectivity index (χ2v) is 8.17. The molecule has 138 valence electrons. The lowest BCUT2D eigenvalue weighted by molar-refractivity contribution is 0.187. The van der Waals surface area contributed by atoms with Gasteiger partial charge < -0.3 is 19.5 Å². The van der Waals surface area contributed by atoms with Crippen molar-refractivity contribution in [2.45, 2.75) is 57.2 Å². The zero-order chi connectivity index (χ0) is 17.2. The van der Waals surface area contributed by atoms with Gasteiger partial charge in [0.15, 0.2) is 0 Å². The molecule has 2 aliphatic heterocycles. The van der Waals surface area contributed by atoms with Gasteiger partial charge >= 0.3 is 0 Å². The standard InChI is InChI=1S/C20H31N3O2/c1-22-9-6-15(7-10-22)13-23-19-4-3-17(21-18-8-11-25-14-18)12-16(19)2-5-20(23)24/h2,5,15,17-18,21H,3-4,6-14H2,1H3/t17-,18-/m1/s1. The summed E-state index contributed by atoms with van der Waals surface area (Å²) in [7, 11) is 2.19. The predicted molar refractivity (Wildman–Crippen MR) is 99.1 cm³/mol. The van der Waals surface area contributed by atoms with Crippen LogP contribution in [-0.4, -0.2) is 54.9 Å². The summed E-state index contributed by atoms with van der Waals surface area (Å²) in [6, 6.07) is 4.89. The maximum Gasteiger partial charge on any atom is 0.250 e. The number of pyridine rings is 1. The van der Waals surface area contributed by atoms with Crippen LogP contribution in [0.4, 0.5) is 0 Å². The van der Waals surface area contributed by atoms with Crippen molar-refractivity contribution >= 4 is 0 Å². The Hall–Kier alpha value is -1.17. The van der Waals surface area contributed by atoms with E-state index in [-0.39, 0.29) is 5.56 Å². The Bertz CT molecular complexity index is 643. The van der Waals surface area contributed by atoms with Crippen molar-refractivity contribution < 1.29 is 4.74 Å². The fourth-order valence-corrected chi connectivity index (χ4v) is 4.67. The molecule has 0 spiro atoms. The first-order chi connectivity index (χ1) is 12.2. The molecule has 0 bridgehead atoms. The van der Waals surface area contributed by atoms with Gasteiger partial charge in [0.1, 0.15) is 0 Å². The van der Waals surface area contributed by atoms with Crippen LogP contribution in [0.1, 0.15) is 36.9 Å². The number of piperidine rings is 1. The van der Waals surface area contributed by atoms with E-state index in [9.17, 15) is 4.79 Å². The van der Waals surface area contributed by atoms with E-state index in [2.05, 4.69) is 27.9 Å². The van der Waals surface area contributed by atoms with Crippen LogP contribution in [0, 0.1) is 5.92 Å². The normalized spacial score (nSPS) is 28.2. The zero-order valence-corrected chi connectivity index (χ0v) is 15.4. The Morgan fingerprint density at radius 2 is 2.00 bits per heavy atom. The van der Waals surface area contributed by atoms with Gasteiger partial charge in [0.05, 0.1) is 6.61 Å². The zero-order valence-electron chi connectivity index (χ0n) is 15.4. The fraction of sp³-hybridized carbons (Fsp3) is 0.750. The van der Waals surface area contributed by atoms with Gasteiger partial charge in [-0.25, -0.2) is 0 Å². The molecule has 4 rings (SSSR count). The number of aromatic nitrogens is 1. The third kappa shape index (κ3) is 3.99. The minimum absolute atomic E-state index is 0.188. The van der Waals surface area contributed by atoms with Gasteiger partial charge in [0, 0.05) is 37.0 Å². The van der Waals surface area contributed by atoms with Crippen molar-refractivity contribution in [1.29, 1.82) is 0 Å². The fourth-order valence-electron chi connectivity index (χ4n) is 4.67. The van der Waals surface area contributed by atoms with E-state index in [4.69, 9.17) is 4.74 Å². The largest absolute Gasteiger partial charge is 0.380 e. The molecule has 3 aliphatic rings. The number of likely N-dealkylation sites (tertiary alicyclic amines) is 1. The lowest BCUT2D eigenvalue weighted by atomic mass is 9.90. The summed E-state index contributed by atoms with van der Waals surface area (Å²) in [5.41, 5.74) is 2.86. The number of nitrogens with one attached hydrogen (secondary N) is 1. The molecule has 1 aliphatic carbocycles. The second kappa shape index (κ2) is 7.60. The molecule has 0 unspecified atom stereocenters. The van der Waals surface area contributed by atoms with E-state index >= 15 is 0 Å². The molecule has 1 aromatic heterocycles. The Morgan fingerprint density at radius 3 is 2.76 bits per heavy atom. The molecule has 1 aromatic rings. The molecule has 0 radical (unpaired) electrons. The van der Waals surface area contributed by atoms with Crippen molar-refractivity contribution in [2.24, 2.45) is 5.92 Å². The molecule has 25 heavy (non-hydrogen) atoms. The van der Waals surface area contributed by atoms with E-state index in [0.717, 1.165) is 58.5 Å². The summed E-state index contributed by atoms with van der Waals surface area (Å²) in [4.78, 5) is 14.9. The minimum Gasteiger partial charge on any atom is -0.380 e. The van der Waals surface area contributed by atoms with E-state index in [1.165, 1.54) is 24.1 Å². The Kier molecular flexibility index (Phi) is 5.25. The number of rotatable bonds is 4. The molecule has 5 heteroatoms. The molecule has 2 fully saturated rings. The van der Waals surface area contributed by atoms with Crippen LogP contribution in [0.2, 0.25) is 0 Å².